The summed E-state index contributed by atoms with van der Waals surface area (Å²) in [4.78, 5) is 34.8. The maximum absolute atomic E-state index is 14.1. The van der Waals surface area contributed by atoms with Crippen molar-refractivity contribution in [1.82, 2.24) is 15.3 Å². The smallest absolute Gasteiger partial charge is 0.404 e. The van der Waals surface area contributed by atoms with Crippen molar-refractivity contribution in [2.75, 3.05) is 0 Å². The summed E-state index contributed by atoms with van der Waals surface area (Å²) < 4.78 is 13.4. The second kappa shape index (κ2) is 10.7. The van der Waals surface area contributed by atoms with E-state index in [0.29, 0.717) is 29.7 Å². The van der Waals surface area contributed by atoms with E-state index in [1.165, 1.54) is 6.42 Å². The van der Waals surface area contributed by atoms with Gasteiger partial charge in [-0.25, -0.2) is 0 Å². The van der Waals surface area contributed by atoms with Gasteiger partial charge in [0.15, 0.2) is 5.78 Å². The highest BCUT2D eigenvalue weighted by Crippen LogP contribution is 2.65. The number of ketones is 1. The number of nitrogens with one attached hydrogen (secondary N) is 2. The topological polar surface area (TPSA) is 93.3 Å². The third-order valence-corrected chi connectivity index (χ3v) is 10.3. The van der Waals surface area contributed by atoms with E-state index in [-0.39, 0.29) is 41.2 Å². The van der Waals surface area contributed by atoms with Crippen molar-refractivity contribution in [2.45, 2.75) is 84.4 Å². The molecule has 1 amide bonds. The summed E-state index contributed by atoms with van der Waals surface area (Å²) in [6.07, 6.45) is 8.70. The Bertz CT molecular complexity index is 1420. The van der Waals surface area contributed by atoms with E-state index in [2.05, 4.69) is 56.0 Å². The maximum atomic E-state index is 14.1. The van der Waals surface area contributed by atoms with Crippen molar-refractivity contribution >= 4 is 29.7 Å². The Morgan fingerprint density at radius 1 is 1.12 bits per heavy atom. The number of carbonyl (C=O) groups is 2. The van der Waals surface area contributed by atoms with Crippen molar-refractivity contribution in [3.05, 3.63) is 66.1 Å². The first-order chi connectivity index (χ1) is 19.6. The second-order valence-electron chi connectivity index (χ2n) is 13.7. The molecule has 1 aromatic carbocycles. The number of pyridine rings is 1. The van der Waals surface area contributed by atoms with Crippen LogP contribution in [0.1, 0.15) is 76.2 Å². The van der Waals surface area contributed by atoms with Crippen molar-refractivity contribution in [3.8, 4) is 0 Å². The summed E-state index contributed by atoms with van der Waals surface area (Å²) in [5, 5.41) is 4.39. The molecular formula is C33H42BN3O4. The Morgan fingerprint density at radius 3 is 2.61 bits per heavy atom. The number of amides is 1. The van der Waals surface area contributed by atoms with Crippen LogP contribution < -0.4 is 5.32 Å². The highest BCUT2D eigenvalue weighted by Gasteiger charge is 2.68. The van der Waals surface area contributed by atoms with Crippen LogP contribution in [0.3, 0.4) is 0 Å². The molecule has 1 aliphatic heterocycles. The fraction of sp³-hybridized carbons (Fsp3) is 0.545. The highest BCUT2D eigenvalue weighted by atomic mass is 16.7. The Balaban J connectivity index is 1.24. The first kappa shape index (κ1) is 28.2. The van der Waals surface area contributed by atoms with Gasteiger partial charge in [-0.05, 0) is 79.5 Å². The number of H-pyrrole nitrogens is 1. The van der Waals surface area contributed by atoms with Crippen LogP contribution in [0.2, 0.25) is 0 Å². The Hall–Kier alpha value is -2.97. The molecule has 3 saturated carbocycles. The van der Waals surface area contributed by atoms with Gasteiger partial charge in [0.05, 0.1) is 17.6 Å². The summed E-state index contributed by atoms with van der Waals surface area (Å²) in [6, 6.07) is 11.5. The van der Waals surface area contributed by atoms with Crippen LogP contribution in [0.4, 0.5) is 0 Å². The van der Waals surface area contributed by atoms with Crippen LogP contribution in [0, 0.1) is 29.1 Å². The zero-order valence-electron chi connectivity index (χ0n) is 24.9. The monoisotopic (exact) mass is 555 g/mol. The molecule has 2 bridgehead atoms. The maximum Gasteiger partial charge on any atom is 0.481 e. The van der Waals surface area contributed by atoms with Gasteiger partial charge in [-0.1, -0.05) is 45.9 Å². The van der Waals surface area contributed by atoms with Gasteiger partial charge in [-0.2, -0.15) is 0 Å². The van der Waals surface area contributed by atoms with E-state index >= 15 is 0 Å². The lowest BCUT2D eigenvalue weighted by Crippen LogP contribution is -2.65. The zero-order valence-corrected chi connectivity index (χ0v) is 24.9. The van der Waals surface area contributed by atoms with E-state index < -0.39 is 13.0 Å². The molecule has 41 heavy (non-hydrogen) atoms. The minimum absolute atomic E-state index is 0.0473. The van der Waals surface area contributed by atoms with E-state index in [0.717, 1.165) is 29.3 Å². The number of para-hydroxylation sites is 1. The van der Waals surface area contributed by atoms with Crippen molar-refractivity contribution in [3.63, 3.8) is 0 Å². The number of aromatic nitrogens is 2. The minimum Gasteiger partial charge on any atom is -0.404 e. The SMILES string of the molecule is CC(C)C[C@H](NC(=O)[C@@H](CC(=O)c1ccncc1)Cc1c[nH]c2ccccc12)B1O[C@@H]2C[C@@H]3C[C@@H](C3(C)C)[C@]2(C)O1. The van der Waals surface area contributed by atoms with Crippen molar-refractivity contribution in [2.24, 2.45) is 29.1 Å². The number of benzene rings is 1. The van der Waals surface area contributed by atoms with Gasteiger partial charge in [0, 0.05) is 47.4 Å². The quantitative estimate of drug-likeness (QED) is 0.244. The highest BCUT2D eigenvalue weighted by molar-refractivity contribution is 6.47. The number of Topliss-reactive ketones (excluding diaryl/α,β-unsaturated/α-hetero) is 1. The number of nitrogens with zero attached hydrogens (tertiary/aromatic N) is 1. The molecule has 2 N–H and O–H groups in total. The van der Waals surface area contributed by atoms with Gasteiger partial charge < -0.3 is 19.6 Å². The minimum atomic E-state index is -0.546. The van der Waals surface area contributed by atoms with E-state index in [1.807, 2.05) is 24.4 Å². The molecule has 1 saturated heterocycles. The summed E-state index contributed by atoms with van der Waals surface area (Å²) in [6.45, 7) is 11.2. The molecule has 4 aliphatic rings. The first-order valence-electron chi connectivity index (χ1n) is 15.2. The average molecular weight is 556 g/mol. The molecule has 7 nitrogen and oxygen atoms in total. The normalized spacial score (nSPS) is 27.8. The number of aromatic amines is 1. The van der Waals surface area contributed by atoms with Crippen LogP contribution in [0.25, 0.3) is 10.9 Å². The van der Waals surface area contributed by atoms with Gasteiger partial charge in [0.25, 0.3) is 0 Å². The molecule has 0 spiro atoms. The molecule has 4 fully saturated rings. The van der Waals surface area contributed by atoms with Gasteiger partial charge in [-0.3, -0.25) is 14.6 Å². The standard InChI is InChI=1S/C33H42BN3O4/c1-20(2)14-30(34-40-29-18-24-17-28(32(24,3)4)33(29,5)41-34)37-31(39)22(16-27(38)21-10-12-35-13-11-21)15-23-19-36-26-9-7-6-8-25(23)26/h6-13,19-20,22,24,28-30,36H,14-18H2,1-5H3,(H,37,39)/t22-,24+,28+,29-,30+,33+/m1/s1. The molecule has 8 heteroatoms. The predicted molar refractivity (Wildman–Crippen MR) is 160 cm³/mol. The molecule has 6 atom stereocenters. The third-order valence-electron chi connectivity index (χ3n) is 10.3. The largest absolute Gasteiger partial charge is 0.481 e. The molecule has 216 valence electrons. The molecule has 3 heterocycles. The van der Waals surface area contributed by atoms with Gasteiger partial charge >= 0.3 is 7.12 Å². The number of hydrogen-bond donors (Lipinski definition) is 2. The van der Waals surface area contributed by atoms with Crippen molar-refractivity contribution in [1.29, 1.82) is 0 Å². The molecule has 0 radical (unpaired) electrons. The number of hydrogen-bond acceptors (Lipinski definition) is 5. The molecule has 3 aromatic rings. The van der Waals surface area contributed by atoms with E-state index in [1.54, 1.807) is 24.5 Å². The van der Waals surface area contributed by atoms with Crippen LogP contribution in [0.15, 0.2) is 55.0 Å². The molecule has 0 unspecified atom stereocenters. The average Bonchev–Trinajstić information content (AvgIpc) is 3.52. The second-order valence-corrected chi connectivity index (χ2v) is 13.7. The summed E-state index contributed by atoms with van der Waals surface area (Å²) in [7, 11) is -0.504. The molecular weight excluding hydrogens is 513 g/mol. The lowest BCUT2D eigenvalue weighted by atomic mass is 9.43. The summed E-state index contributed by atoms with van der Waals surface area (Å²) in [5.74, 6) is 0.389. The van der Waals surface area contributed by atoms with Crippen LogP contribution in [0.5, 0.6) is 0 Å². The summed E-state index contributed by atoms with van der Waals surface area (Å²) in [5.41, 5.74) is 2.51. The Morgan fingerprint density at radius 2 is 1.88 bits per heavy atom. The van der Waals surface area contributed by atoms with E-state index in [4.69, 9.17) is 9.31 Å². The van der Waals surface area contributed by atoms with Crippen LogP contribution in [-0.4, -0.2) is 46.4 Å². The van der Waals surface area contributed by atoms with Crippen molar-refractivity contribution < 1.29 is 18.9 Å². The van der Waals surface area contributed by atoms with E-state index in [9.17, 15) is 9.59 Å². The van der Waals surface area contributed by atoms with Gasteiger partial charge in [0.2, 0.25) is 5.91 Å². The molecule has 3 aliphatic carbocycles. The van der Waals surface area contributed by atoms with Crippen LogP contribution >= 0.6 is 0 Å². The Kier molecular flexibility index (Phi) is 7.35. The predicted octanol–water partition coefficient (Wildman–Crippen LogP) is 5.79. The summed E-state index contributed by atoms with van der Waals surface area (Å²) >= 11 is 0. The van der Waals surface area contributed by atoms with Crippen LogP contribution in [-0.2, 0) is 20.5 Å². The lowest BCUT2D eigenvalue weighted by molar-refractivity contribution is -0.199. The number of rotatable bonds is 10. The van der Waals surface area contributed by atoms with Gasteiger partial charge in [0.1, 0.15) is 0 Å². The van der Waals surface area contributed by atoms with Gasteiger partial charge in [-0.15, -0.1) is 0 Å². The first-order valence-corrected chi connectivity index (χ1v) is 15.2. The Labute approximate surface area is 243 Å². The lowest BCUT2D eigenvalue weighted by Gasteiger charge is -2.64. The molecule has 2 aromatic heterocycles. The number of fused-ring (bicyclic) bond motifs is 1. The fourth-order valence-electron chi connectivity index (χ4n) is 7.82. The zero-order chi connectivity index (χ0) is 28.9. The third kappa shape index (κ3) is 5.14. The number of carbonyl (C=O) groups excluding carboxylic acids is 2. The molecule has 7 rings (SSSR count). The fourth-order valence-corrected chi connectivity index (χ4v) is 7.82.